The summed E-state index contributed by atoms with van der Waals surface area (Å²) in [6, 6.07) is 4.21. The second kappa shape index (κ2) is 4.55. The number of allylic oxidation sites excluding steroid dienone is 2. The number of rotatable bonds is 3. The summed E-state index contributed by atoms with van der Waals surface area (Å²) in [7, 11) is 0. The average Bonchev–Trinajstić information content (AvgIpc) is 3.13. The van der Waals surface area contributed by atoms with Crippen molar-refractivity contribution in [2.75, 3.05) is 0 Å². The molecule has 1 saturated carbocycles. The van der Waals surface area contributed by atoms with Gasteiger partial charge >= 0.3 is 6.18 Å². The van der Waals surface area contributed by atoms with Crippen LogP contribution in [-0.4, -0.2) is 6.29 Å². The summed E-state index contributed by atoms with van der Waals surface area (Å²) < 4.78 is 50.5. The number of alkyl halides is 3. The monoisotopic (exact) mass is 258 g/mol. The van der Waals surface area contributed by atoms with Crippen molar-refractivity contribution in [2.24, 2.45) is 5.92 Å². The number of carbonyl (C=O) groups is 1. The molecule has 1 aliphatic rings. The SMILES string of the molecule is O=CC(F)=C(c1ccc(C(F)(F)F)cc1)C1CC1. The summed E-state index contributed by atoms with van der Waals surface area (Å²) >= 11 is 0. The first kappa shape index (κ1) is 12.8. The highest BCUT2D eigenvalue weighted by molar-refractivity contribution is 5.87. The van der Waals surface area contributed by atoms with Crippen LogP contribution in [0.25, 0.3) is 5.57 Å². The van der Waals surface area contributed by atoms with Crippen molar-refractivity contribution in [3.8, 4) is 0 Å². The Labute approximate surface area is 101 Å². The maximum Gasteiger partial charge on any atom is 0.416 e. The number of halogens is 4. The van der Waals surface area contributed by atoms with Crippen LogP contribution in [-0.2, 0) is 11.0 Å². The lowest BCUT2D eigenvalue weighted by atomic mass is 9.99. The van der Waals surface area contributed by atoms with Gasteiger partial charge in [-0.15, -0.1) is 0 Å². The number of hydrogen-bond acceptors (Lipinski definition) is 1. The number of benzene rings is 1. The van der Waals surface area contributed by atoms with Crippen LogP contribution in [0.4, 0.5) is 17.6 Å². The first-order valence-corrected chi connectivity index (χ1v) is 5.46. The molecule has 0 atom stereocenters. The molecule has 0 bridgehead atoms. The van der Waals surface area contributed by atoms with E-state index < -0.39 is 17.6 Å². The molecule has 2 rings (SSSR count). The van der Waals surface area contributed by atoms with Crippen molar-refractivity contribution in [1.82, 2.24) is 0 Å². The zero-order valence-electron chi connectivity index (χ0n) is 9.30. The molecule has 1 fully saturated rings. The highest BCUT2D eigenvalue weighted by Gasteiger charge is 2.32. The minimum absolute atomic E-state index is 0.0491. The van der Waals surface area contributed by atoms with Gasteiger partial charge in [-0.25, -0.2) is 4.39 Å². The van der Waals surface area contributed by atoms with Crippen LogP contribution in [0.15, 0.2) is 30.1 Å². The molecule has 0 amide bonds. The Balaban J connectivity index is 2.36. The molecule has 0 saturated heterocycles. The largest absolute Gasteiger partial charge is 0.416 e. The Morgan fingerprint density at radius 3 is 2.11 bits per heavy atom. The van der Waals surface area contributed by atoms with Crippen molar-refractivity contribution in [3.63, 3.8) is 0 Å². The van der Waals surface area contributed by atoms with Crippen LogP contribution < -0.4 is 0 Å². The molecule has 1 aromatic carbocycles. The Hall–Kier alpha value is -1.65. The quantitative estimate of drug-likeness (QED) is 0.455. The van der Waals surface area contributed by atoms with Crippen LogP contribution >= 0.6 is 0 Å². The van der Waals surface area contributed by atoms with E-state index in [4.69, 9.17) is 0 Å². The van der Waals surface area contributed by atoms with Crippen LogP contribution in [0.2, 0.25) is 0 Å². The fourth-order valence-electron chi connectivity index (χ4n) is 1.84. The third-order valence-corrected chi connectivity index (χ3v) is 2.87. The minimum atomic E-state index is -4.41. The molecule has 0 radical (unpaired) electrons. The number of aldehydes is 1. The second-order valence-corrected chi connectivity index (χ2v) is 4.23. The van der Waals surface area contributed by atoms with Gasteiger partial charge in [-0.2, -0.15) is 13.2 Å². The molecule has 96 valence electrons. The van der Waals surface area contributed by atoms with E-state index in [0.29, 0.717) is 5.56 Å². The third-order valence-electron chi connectivity index (χ3n) is 2.87. The van der Waals surface area contributed by atoms with E-state index in [9.17, 15) is 22.4 Å². The smallest absolute Gasteiger partial charge is 0.295 e. The highest BCUT2D eigenvalue weighted by atomic mass is 19.4. The Morgan fingerprint density at radius 2 is 1.72 bits per heavy atom. The third kappa shape index (κ3) is 2.60. The first-order valence-electron chi connectivity index (χ1n) is 5.46. The van der Waals surface area contributed by atoms with Gasteiger partial charge in [0, 0.05) is 5.57 Å². The van der Waals surface area contributed by atoms with E-state index in [-0.39, 0.29) is 17.8 Å². The molecular weight excluding hydrogens is 248 g/mol. The van der Waals surface area contributed by atoms with Gasteiger partial charge in [-0.3, -0.25) is 4.79 Å². The maximum atomic E-state index is 13.4. The summed E-state index contributed by atoms with van der Waals surface area (Å²) in [6.07, 6.45) is -2.79. The van der Waals surface area contributed by atoms with E-state index >= 15 is 0 Å². The highest BCUT2D eigenvalue weighted by Crippen LogP contribution is 2.44. The van der Waals surface area contributed by atoms with Gasteiger partial charge in [0.25, 0.3) is 0 Å². The van der Waals surface area contributed by atoms with E-state index in [1.807, 2.05) is 0 Å². The molecule has 0 heterocycles. The lowest BCUT2D eigenvalue weighted by Crippen LogP contribution is -2.04. The van der Waals surface area contributed by atoms with Crippen LogP contribution in [0.5, 0.6) is 0 Å². The predicted octanol–water partition coefficient (Wildman–Crippen LogP) is 3.99. The van der Waals surface area contributed by atoms with Gasteiger partial charge in [0.2, 0.25) is 0 Å². The van der Waals surface area contributed by atoms with Gasteiger partial charge in [-0.1, -0.05) is 12.1 Å². The van der Waals surface area contributed by atoms with Crippen molar-refractivity contribution < 1.29 is 22.4 Å². The molecular formula is C13H10F4O. The normalized spacial score (nSPS) is 17.3. The molecule has 0 spiro atoms. The fourth-order valence-corrected chi connectivity index (χ4v) is 1.84. The molecule has 1 nitrogen and oxygen atoms in total. The average molecular weight is 258 g/mol. The van der Waals surface area contributed by atoms with Gasteiger partial charge in [0.15, 0.2) is 12.1 Å². The zero-order chi connectivity index (χ0) is 13.3. The van der Waals surface area contributed by atoms with Crippen molar-refractivity contribution in [1.29, 1.82) is 0 Å². The van der Waals surface area contributed by atoms with Crippen molar-refractivity contribution >= 4 is 11.9 Å². The lowest BCUT2D eigenvalue weighted by Gasteiger charge is -2.09. The maximum absolute atomic E-state index is 13.4. The molecule has 18 heavy (non-hydrogen) atoms. The topological polar surface area (TPSA) is 17.1 Å². The predicted molar refractivity (Wildman–Crippen MR) is 58.3 cm³/mol. The van der Waals surface area contributed by atoms with E-state index in [2.05, 4.69) is 0 Å². The molecule has 0 aromatic heterocycles. The Bertz CT molecular complexity index is 481. The summed E-state index contributed by atoms with van der Waals surface area (Å²) in [5.74, 6) is -0.941. The Kier molecular flexibility index (Phi) is 3.24. The summed E-state index contributed by atoms with van der Waals surface area (Å²) in [5.41, 5.74) is -0.221. The van der Waals surface area contributed by atoms with Crippen molar-refractivity contribution in [2.45, 2.75) is 19.0 Å². The summed E-state index contributed by atoms with van der Waals surface area (Å²) in [6.45, 7) is 0. The van der Waals surface area contributed by atoms with E-state index in [1.165, 1.54) is 12.1 Å². The number of carbonyl (C=O) groups excluding carboxylic acids is 1. The molecule has 5 heteroatoms. The van der Waals surface area contributed by atoms with Gasteiger partial charge in [0.05, 0.1) is 5.56 Å². The molecule has 1 aliphatic carbocycles. The molecule has 0 aliphatic heterocycles. The van der Waals surface area contributed by atoms with Crippen LogP contribution in [0.1, 0.15) is 24.0 Å². The van der Waals surface area contributed by atoms with Crippen LogP contribution in [0.3, 0.4) is 0 Å². The standard InChI is InChI=1S/C13H10F4O/c14-11(7-18)12(8-1-2-8)9-3-5-10(6-4-9)13(15,16)17/h3-8H,1-2H2. The van der Waals surface area contributed by atoms with Crippen LogP contribution in [0, 0.1) is 5.92 Å². The molecule has 0 N–H and O–H groups in total. The second-order valence-electron chi connectivity index (χ2n) is 4.23. The minimum Gasteiger partial charge on any atom is -0.295 e. The number of hydrogen-bond donors (Lipinski definition) is 0. The van der Waals surface area contributed by atoms with Crippen molar-refractivity contribution in [3.05, 3.63) is 41.2 Å². The zero-order valence-corrected chi connectivity index (χ0v) is 9.30. The van der Waals surface area contributed by atoms with E-state index in [0.717, 1.165) is 25.0 Å². The Morgan fingerprint density at radius 1 is 1.17 bits per heavy atom. The molecule has 0 unspecified atom stereocenters. The summed E-state index contributed by atoms with van der Waals surface area (Å²) in [5, 5.41) is 0. The van der Waals surface area contributed by atoms with E-state index in [1.54, 1.807) is 0 Å². The summed E-state index contributed by atoms with van der Waals surface area (Å²) in [4.78, 5) is 10.5. The van der Waals surface area contributed by atoms with Gasteiger partial charge in [0.1, 0.15) is 0 Å². The van der Waals surface area contributed by atoms with Gasteiger partial charge < -0.3 is 0 Å². The fraction of sp³-hybridized carbons (Fsp3) is 0.308. The first-order chi connectivity index (χ1) is 8.43. The van der Waals surface area contributed by atoms with Gasteiger partial charge in [-0.05, 0) is 36.5 Å². The lowest BCUT2D eigenvalue weighted by molar-refractivity contribution is -0.137. The molecule has 1 aromatic rings.